The van der Waals surface area contributed by atoms with Crippen molar-refractivity contribution < 1.29 is 22.7 Å². The minimum Gasteiger partial charge on any atom is -0.493 e. The summed E-state index contributed by atoms with van der Waals surface area (Å²) < 4.78 is 33.5. The average molecular weight is 327 g/mol. The summed E-state index contributed by atoms with van der Waals surface area (Å²) in [5.74, 6) is 1.08. The number of rotatable bonds is 5. The van der Waals surface area contributed by atoms with Crippen molar-refractivity contribution in [2.45, 2.75) is 25.3 Å². The molecule has 1 N–H and O–H groups in total. The molecule has 7 heteroatoms. The highest BCUT2D eigenvalue weighted by molar-refractivity contribution is 7.91. The number of amides is 1. The zero-order valence-electron chi connectivity index (χ0n) is 13.0. The molecule has 0 aromatic heterocycles. The highest BCUT2D eigenvalue weighted by Crippen LogP contribution is 2.28. The van der Waals surface area contributed by atoms with Crippen LogP contribution in [0.25, 0.3) is 0 Å². The Morgan fingerprint density at radius 1 is 1.27 bits per heavy atom. The van der Waals surface area contributed by atoms with Gasteiger partial charge in [0.15, 0.2) is 21.3 Å². The first-order chi connectivity index (χ1) is 10.3. The molecule has 1 fully saturated rings. The second-order valence-electron chi connectivity index (χ2n) is 5.82. The average Bonchev–Trinajstić information content (AvgIpc) is 2.71. The Labute approximate surface area is 130 Å². The normalized spacial score (nSPS) is 23.0. The number of nitrogens with one attached hydrogen (secondary N) is 1. The van der Waals surface area contributed by atoms with E-state index < -0.39 is 15.4 Å². The quantitative estimate of drug-likeness (QED) is 0.870. The van der Waals surface area contributed by atoms with E-state index >= 15 is 0 Å². The maximum Gasteiger partial charge on any atom is 0.224 e. The predicted molar refractivity (Wildman–Crippen MR) is 83.1 cm³/mol. The lowest BCUT2D eigenvalue weighted by Crippen LogP contribution is -2.47. The summed E-state index contributed by atoms with van der Waals surface area (Å²) in [5.41, 5.74) is 0.103. The molecule has 0 bridgehead atoms. The van der Waals surface area contributed by atoms with E-state index in [4.69, 9.17) is 9.47 Å². The molecule has 2 rings (SSSR count). The van der Waals surface area contributed by atoms with E-state index in [1.807, 2.05) is 0 Å². The second-order valence-corrected chi connectivity index (χ2v) is 8.00. The molecular formula is C15H21NO5S. The zero-order chi connectivity index (χ0) is 16.4. The molecule has 1 saturated heterocycles. The summed E-state index contributed by atoms with van der Waals surface area (Å²) >= 11 is 0. The van der Waals surface area contributed by atoms with E-state index in [1.54, 1.807) is 32.2 Å². The largest absolute Gasteiger partial charge is 0.493 e. The molecule has 1 aromatic carbocycles. The van der Waals surface area contributed by atoms with Crippen molar-refractivity contribution in [1.82, 2.24) is 5.32 Å². The van der Waals surface area contributed by atoms with E-state index in [2.05, 4.69) is 5.32 Å². The van der Waals surface area contributed by atoms with Crippen LogP contribution in [0.4, 0.5) is 0 Å². The molecule has 0 radical (unpaired) electrons. The van der Waals surface area contributed by atoms with Crippen molar-refractivity contribution >= 4 is 15.7 Å². The Balaban J connectivity index is 2.04. The van der Waals surface area contributed by atoms with Crippen LogP contribution in [0.15, 0.2) is 18.2 Å². The Kier molecular flexibility index (Phi) is 4.65. The van der Waals surface area contributed by atoms with Gasteiger partial charge in [0.2, 0.25) is 5.91 Å². The molecule has 1 heterocycles. The SMILES string of the molecule is COc1ccc(CC(=O)NC2(C)CCS(=O)(=O)C2)cc1OC. The molecule has 22 heavy (non-hydrogen) atoms. The molecule has 1 aliphatic heterocycles. The van der Waals surface area contributed by atoms with Gasteiger partial charge in [-0.15, -0.1) is 0 Å². The van der Waals surface area contributed by atoms with Gasteiger partial charge < -0.3 is 14.8 Å². The van der Waals surface area contributed by atoms with Gasteiger partial charge in [0, 0.05) is 0 Å². The first kappa shape index (κ1) is 16.6. The van der Waals surface area contributed by atoms with Crippen LogP contribution in [0.2, 0.25) is 0 Å². The van der Waals surface area contributed by atoms with Gasteiger partial charge in [0.25, 0.3) is 0 Å². The highest BCUT2D eigenvalue weighted by atomic mass is 32.2. The number of sulfone groups is 1. The predicted octanol–water partition coefficient (Wildman–Crippen LogP) is 0.940. The van der Waals surface area contributed by atoms with Crippen LogP contribution in [0.3, 0.4) is 0 Å². The fourth-order valence-corrected chi connectivity index (χ4v) is 4.76. The Hall–Kier alpha value is -1.76. The van der Waals surface area contributed by atoms with Gasteiger partial charge in [0.05, 0.1) is 37.7 Å². The Morgan fingerprint density at radius 3 is 2.50 bits per heavy atom. The smallest absolute Gasteiger partial charge is 0.224 e. The number of ether oxygens (including phenoxy) is 2. The van der Waals surface area contributed by atoms with Crippen LogP contribution >= 0.6 is 0 Å². The zero-order valence-corrected chi connectivity index (χ0v) is 13.8. The number of methoxy groups -OCH3 is 2. The van der Waals surface area contributed by atoms with E-state index in [-0.39, 0.29) is 23.8 Å². The van der Waals surface area contributed by atoms with Crippen molar-refractivity contribution in [3.63, 3.8) is 0 Å². The monoisotopic (exact) mass is 327 g/mol. The number of carbonyl (C=O) groups is 1. The molecule has 0 saturated carbocycles. The maximum absolute atomic E-state index is 12.2. The first-order valence-corrected chi connectivity index (χ1v) is 8.81. The minimum atomic E-state index is -3.04. The summed E-state index contributed by atoms with van der Waals surface area (Å²) in [7, 11) is 0.0378. The molecule has 0 aliphatic carbocycles. The molecule has 6 nitrogen and oxygen atoms in total. The Morgan fingerprint density at radius 2 is 1.95 bits per heavy atom. The van der Waals surface area contributed by atoms with Crippen LogP contribution in [0, 0.1) is 0 Å². The summed E-state index contributed by atoms with van der Waals surface area (Å²) in [6.07, 6.45) is 0.614. The lowest BCUT2D eigenvalue weighted by Gasteiger charge is -2.24. The van der Waals surface area contributed by atoms with Gasteiger partial charge in [-0.2, -0.15) is 0 Å². The van der Waals surface area contributed by atoms with Gasteiger partial charge >= 0.3 is 0 Å². The van der Waals surface area contributed by atoms with Gasteiger partial charge in [-0.1, -0.05) is 6.07 Å². The van der Waals surface area contributed by atoms with Crippen molar-refractivity contribution in [3.05, 3.63) is 23.8 Å². The fourth-order valence-electron chi connectivity index (χ4n) is 2.67. The minimum absolute atomic E-state index is 0.00231. The molecule has 1 unspecified atom stereocenters. The molecule has 1 atom stereocenters. The van der Waals surface area contributed by atoms with Crippen LogP contribution in [-0.2, 0) is 21.1 Å². The Bertz CT molecular complexity index is 671. The van der Waals surface area contributed by atoms with Gasteiger partial charge in [-0.25, -0.2) is 8.42 Å². The van der Waals surface area contributed by atoms with Gasteiger partial charge in [-0.3, -0.25) is 4.79 Å². The third-order valence-electron chi connectivity index (χ3n) is 3.76. The molecular weight excluding hydrogens is 306 g/mol. The van der Waals surface area contributed by atoms with Crippen LogP contribution in [-0.4, -0.2) is 45.6 Å². The molecule has 122 valence electrons. The first-order valence-electron chi connectivity index (χ1n) is 6.99. The number of carbonyl (C=O) groups excluding carboxylic acids is 1. The van der Waals surface area contributed by atoms with Crippen LogP contribution in [0.5, 0.6) is 11.5 Å². The lowest BCUT2D eigenvalue weighted by atomic mass is 10.0. The van der Waals surface area contributed by atoms with E-state index in [0.717, 1.165) is 5.56 Å². The molecule has 1 aliphatic rings. The molecule has 1 aromatic rings. The summed E-state index contributed by atoms with van der Waals surface area (Å²) in [6.45, 7) is 1.77. The van der Waals surface area contributed by atoms with E-state index in [0.29, 0.717) is 17.9 Å². The molecule has 1 amide bonds. The van der Waals surface area contributed by atoms with E-state index in [9.17, 15) is 13.2 Å². The lowest BCUT2D eigenvalue weighted by molar-refractivity contribution is -0.121. The van der Waals surface area contributed by atoms with Crippen molar-refractivity contribution in [3.8, 4) is 11.5 Å². The standard InChI is InChI=1S/C15H21NO5S/c1-15(6-7-22(18,19)10-15)16-14(17)9-11-4-5-12(20-2)13(8-11)21-3/h4-5,8H,6-7,9-10H2,1-3H3,(H,16,17). The third kappa shape index (κ3) is 3.91. The van der Waals surface area contributed by atoms with Crippen molar-refractivity contribution in [2.24, 2.45) is 0 Å². The maximum atomic E-state index is 12.2. The van der Waals surface area contributed by atoms with Gasteiger partial charge in [0.1, 0.15) is 0 Å². The number of hydrogen-bond acceptors (Lipinski definition) is 5. The summed E-state index contributed by atoms with van der Waals surface area (Å²) in [4.78, 5) is 12.2. The van der Waals surface area contributed by atoms with E-state index in [1.165, 1.54) is 7.11 Å². The van der Waals surface area contributed by atoms with Crippen LogP contribution in [0.1, 0.15) is 18.9 Å². The van der Waals surface area contributed by atoms with Crippen molar-refractivity contribution in [2.75, 3.05) is 25.7 Å². The second kappa shape index (κ2) is 6.16. The number of hydrogen-bond donors (Lipinski definition) is 1. The van der Waals surface area contributed by atoms with Crippen LogP contribution < -0.4 is 14.8 Å². The highest BCUT2D eigenvalue weighted by Gasteiger charge is 2.39. The fraction of sp³-hybridized carbons (Fsp3) is 0.533. The topological polar surface area (TPSA) is 81.7 Å². The summed E-state index contributed by atoms with van der Waals surface area (Å²) in [6, 6.07) is 5.27. The van der Waals surface area contributed by atoms with Crippen molar-refractivity contribution in [1.29, 1.82) is 0 Å². The third-order valence-corrected chi connectivity index (χ3v) is 5.66. The molecule has 0 spiro atoms. The summed E-state index contributed by atoms with van der Waals surface area (Å²) in [5, 5.41) is 2.84. The number of benzene rings is 1. The van der Waals surface area contributed by atoms with Gasteiger partial charge in [-0.05, 0) is 31.0 Å².